The molecule has 0 saturated carbocycles. The van der Waals surface area contributed by atoms with E-state index in [9.17, 15) is 27.7 Å². The third-order valence-corrected chi connectivity index (χ3v) is 6.77. The molecule has 32 heavy (non-hydrogen) atoms. The summed E-state index contributed by atoms with van der Waals surface area (Å²) in [6.45, 7) is 1.30. The molecule has 2 aromatic rings. The Morgan fingerprint density at radius 2 is 1.81 bits per heavy atom. The van der Waals surface area contributed by atoms with Gasteiger partial charge in [0.2, 0.25) is 10.0 Å². The summed E-state index contributed by atoms with van der Waals surface area (Å²) in [6, 6.07) is 10.2. The Balaban J connectivity index is 1.42. The highest BCUT2D eigenvalue weighted by atomic mass is 32.2. The van der Waals surface area contributed by atoms with Gasteiger partial charge in [-0.15, -0.1) is 0 Å². The Labute approximate surface area is 184 Å². The number of nitrogens with zero attached hydrogens (tertiary/aromatic N) is 3. The van der Waals surface area contributed by atoms with Crippen molar-refractivity contribution in [1.29, 1.82) is 0 Å². The lowest BCUT2D eigenvalue weighted by Crippen LogP contribution is -2.53. The molecule has 0 atom stereocenters. The molecule has 0 unspecified atom stereocenters. The van der Waals surface area contributed by atoms with Crippen molar-refractivity contribution in [2.75, 3.05) is 39.3 Å². The minimum Gasteiger partial charge on any atom is -0.494 e. The SMILES string of the molecule is O=C(NCCCOc1ccc(F)cc1)N1CCN(S(=O)(=O)c2cccc([N+](=O)[O-])c2)CC1. The van der Waals surface area contributed by atoms with Gasteiger partial charge in [-0.1, -0.05) is 6.07 Å². The maximum atomic E-state index is 12.8. The van der Waals surface area contributed by atoms with Crippen molar-refractivity contribution in [2.24, 2.45) is 0 Å². The van der Waals surface area contributed by atoms with Crippen molar-refractivity contribution in [3.8, 4) is 5.75 Å². The van der Waals surface area contributed by atoms with Crippen molar-refractivity contribution in [2.45, 2.75) is 11.3 Å². The normalized spacial score (nSPS) is 14.7. The quantitative estimate of drug-likeness (QED) is 0.362. The van der Waals surface area contributed by atoms with Gasteiger partial charge in [-0.25, -0.2) is 17.6 Å². The molecular formula is C20H23FN4O6S. The van der Waals surface area contributed by atoms with Crippen molar-refractivity contribution < 1.29 is 27.3 Å². The molecule has 10 nitrogen and oxygen atoms in total. The van der Waals surface area contributed by atoms with Crippen LogP contribution in [0.15, 0.2) is 53.4 Å². The van der Waals surface area contributed by atoms with Crippen LogP contribution in [0.3, 0.4) is 0 Å². The first-order valence-electron chi connectivity index (χ1n) is 9.93. The summed E-state index contributed by atoms with van der Waals surface area (Å²) < 4.78 is 45.1. The van der Waals surface area contributed by atoms with Crippen LogP contribution < -0.4 is 10.1 Å². The highest BCUT2D eigenvalue weighted by Crippen LogP contribution is 2.22. The summed E-state index contributed by atoms with van der Waals surface area (Å²) in [5.41, 5.74) is -0.299. The number of carbonyl (C=O) groups is 1. The number of nitro groups is 1. The maximum absolute atomic E-state index is 12.8. The largest absolute Gasteiger partial charge is 0.494 e. The Morgan fingerprint density at radius 1 is 1.12 bits per heavy atom. The predicted octanol–water partition coefficient (Wildman–Crippen LogP) is 2.22. The molecule has 1 fully saturated rings. The van der Waals surface area contributed by atoms with Crippen molar-refractivity contribution in [3.05, 3.63) is 64.5 Å². The van der Waals surface area contributed by atoms with Crippen molar-refractivity contribution in [1.82, 2.24) is 14.5 Å². The Morgan fingerprint density at radius 3 is 2.47 bits per heavy atom. The Bertz CT molecular complexity index is 1060. The zero-order chi connectivity index (χ0) is 23.1. The molecule has 0 radical (unpaired) electrons. The zero-order valence-electron chi connectivity index (χ0n) is 17.1. The minimum absolute atomic E-state index is 0.0894. The third-order valence-electron chi connectivity index (χ3n) is 4.87. The molecular weight excluding hydrogens is 443 g/mol. The number of urea groups is 1. The predicted molar refractivity (Wildman–Crippen MR) is 113 cm³/mol. The lowest BCUT2D eigenvalue weighted by molar-refractivity contribution is -0.385. The van der Waals surface area contributed by atoms with E-state index in [4.69, 9.17) is 4.74 Å². The lowest BCUT2D eigenvalue weighted by atomic mass is 10.3. The van der Waals surface area contributed by atoms with Crippen LogP contribution in [0.25, 0.3) is 0 Å². The number of benzene rings is 2. The number of piperazine rings is 1. The molecule has 12 heteroatoms. The second kappa shape index (κ2) is 10.4. The lowest BCUT2D eigenvalue weighted by Gasteiger charge is -2.34. The summed E-state index contributed by atoms with van der Waals surface area (Å²) in [4.78, 5) is 23.9. The molecule has 0 spiro atoms. The molecule has 1 saturated heterocycles. The summed E-state index contributed by atoms with van der Waals surface area (Å²) in [6.07, 6.45) is 0.546. The molecule has 1 aliphatic rings. The number of non-ortho nitro benzene ring substituents is 1. The van der Waals surface area contributed by atoms with Gasteiger partial charge >= 0.3 is 6.03 Å². The number of sulfonamides is 1. The van der Waals surface area contributed by atoms with Crippen LogP contribution in [-0.2, 0) is 10.0 Å². The number of halogens is 1. The topological polar surface area (TPSA) is 122 Å². The number of rotatable bonds is 8. The number of hydrogen-bond acceptors (Lipinski definition) is 6. The number of hydrogen-bond donors (Lipinski definition) is 1. The average Bonchev–Trinajstić information content (AvgIpc) is 2.80. The number of amides is 2. The third kappa shape index (κ3) is 5.92. The molecule has 3 rings (SSSR count). The van der Waals surface area contributed by atoms with Gasteiger partial charge < -0.3 is 15.0 Å². The van der Waals surface area contributed by atoms with Gasteiger partial charge in [0.05, 0.1) is 16.4 Å². The Kier molecular flexibility index (Phi) is 7.59. The Hall–Kier alpha value is -3.25. The van der Waals surface area contributed by atoms with Crippen LogP contribution in [-0.4, -0.2) is 67.9 Å². The molecule has 0 aliphatic carbocycles. The second-order valence-electron chi connectivity index (χ2n) is 7.03. The fourth-order valence-electron chi connectivity index (χ4n) is 3.14. The van der Waals surface area contributed by atoms with Gasteiger partial charge in [-0.05, 0) is 36.8 Å². The second-order valence-corrected chi connectivity index (χ2v) is 8.97. The summed E-state index contributed by atoms with van der Waals surface area (Å²) >= 11 is 0. The van der Waals surface area contributed by atoms with Crippen LogP contribution in [0.4, 0.5) is 14.9 Å². The molecule has 1 heterocycles. The molecule has 1 aliphatic heterocycles. The van der Waals surface area contributed by atoms with E-state index in [0.717, 1.165) is 6.07 Å². The van der Waals surface area contributed by atoms with E-state index in [2.05, 4.69) is 5.32 Å². The van der Waals surface area contributed by atoms with Crippen LogP contribution in [0.5, 0.6) is 5.75 Å². The van der Waals surface area contributed by atoms with Crippen LogP contribution in [0.1, 0.15) is 6.42 Å². The molecule has 0 bridgehead atoms. The first-order valence-corrected chi connectivity index (χ1v) is 11.4. The van der Waals surface area contributed by atoms with Crippen molar-refractivity contribution in [3.63, 3.8) is 0 Å². The fourth-order valence-corrected chi connectivity index (χ4v) is 4.60. The number of carbonyl (C=O) groups excluding carboxylic acids is 1. The summed E-state index contributed by atoms with van der Waals surface area (Å²) in [5.74, 6) is 0.196. The van der Waals surface area contributed by atoms with E-state index in [1.54, 1.807) is 0 Å². The molecule has 1 N–H and O–H groups in total. The van der Waals surface area contributed by atoms with Crippen LogP contribution in [0.2, 0.25) is 0 Å². The van der Waals surface area contributed by atoms with Crippen molar-refractivity contribution >= 4 is 21.7 Å². The van der Waals surface area contributed by atoms with Crippen LogP contribution in [0, 0.1) is 15.9 Å². The van der Waals surface area contributed by atoms with Gasteiger partial charge in [0.15, 0.2) is 0 Å². The average molecular weight is 466 g/mol. The smallest absolute Gasteiger partial charge is 0.317 e. The summed E-state index contributed by atoms with van der Waals surface area (Å²) in [5, 5.41) is 13.7. The van der Waals surface area contributed by atoms with Gasteiger partial charge in [0.1, 0.15) is 11.6 Å². The zero-order valence-corrected chi connectivity index (χ0v) is 18.0. The molecule has 2 aromatic carbocycles. The maximum Gasteiger partial charge on any atom is 0.317 e. The van der Waals surface area contributed by atoms with E-state index in [-0.39, 0.29) is 48.6 Å². The van der Waals surface area contributed by atoms with Gasteiger partial charge in [-0.2, -0.15) is 4.31 Å². The van der Waals surface area contributed by atoms with E-state index >= 15 is 0 Å². The van der Waals surface area contributed by atoms with E-state index in [1.165, 1.54) is 51.7 Å². The molecule has 172 valence electrons. The molecule has 2 amide bonds. The number of nitro benzene ring substituents is 1. The first-order chi connectivity index (χ1) is 15.3. The molecule has 0 aromatic heterocycles. The monoisotopic (exact) mass is 466 g/mol. The highest BCUT2D eigenvalue weighted by Gasteiger charge is 2.30. The number of ether oxygens (including phenoxy) is 1. The summed E-state index contributed by atoms with van der Waals surface area (Å²) in [7, 11) is -3.89. The number of nitrogens with one attached hydrogen (secondary N) is 1. The van der Waals surface area contributed by atoms with Gasteiger partial charge in [0, 0.05) is 44.9 Å². The minimum atomic E-state index is -3.89. The highest BCUT2D eigenvalue weighted by molar-refractivity contribution is 7.89. The van der Waals surface area contributed by atoms with E-state index in [1.807, 2.05) is 0 Å². The van der Waals surface area contributed by atoms with Gasteiger partial charge in [-0.3, -0.25) is 10.1 Å². The van der Waals surface area contributed by atoms with Crippen LogP contribution >= 0.6 is 0 Å². The van der Waals surface area contributed by atoms with E-state index in [0.29, 0.717) is 25.3 Å². The fraction of sp³-hybridized carbons (Fsp3) is 0.350. The first kappa shape index (κ1) is 23.4. The van der Waals surface area contributed by atoms with Gasteiger partial charge in [0.25, 0.3) is 5.69 Å². The standard InChI is InChI=1S/C20H23FN4O6S/c21-16-5-7-18(8-6-16)31-14-2-9-22-20(26)23-10-12-24(13-11-23)32(29,30)19-4-1-3-17(15-19)25(27)28/h1,3-8,15H,2,9-14H2,(H,22,26). The van der Waals surface area contributed by atoms with E-state index < -0.39 is 14.9 Å².